The number of furan rings is 1. The van der Waals surface area contributed by atoms with Crippen molar-refractivity contribution in [1.82, 2.24) is 4.31 Å². The molecule has 2 heterocycles. The highest BCUT2D eigenvalue weighted by atomic mass is 79.9. The fourth-order valence-corrected chi connectivity index (χ4v) is 5.26. The first kappa shape index (κ1) is 14.7. The first-order valence-electron chi connectivity index (χ1n) is 5.20. The van der Waals surface area contributed by atoms with Crippen LogP contribution >= 0.6 is 15.9 Å². The molecule has 0 amide bonds. The molecule has 106 valence electrons. The van der Waals surface area contributed by atoms with Gasteiger partial charge in [0, 0.05) is 41.5 Å². The number of aromatic carboxylic acids is 1. The van der Waals surface area contributed by atoms with E-state index in [1.807, 2.05) is 0 Å². The van der Waals surface area contributed by atoms with E-state index in [0.717, 1.165) is 6.07 Å². The Balaban J connectivity index is 2.34. The molecule has 19 heavy (non-hydrogen) atoms. The summed E-state index contributed by atoms with van der Waals surface area (Å²) < 4.78 is 41.7. The summed E-state index contributed by atoms with van der Waals surface area (Å²) in [6.07, 6.45) is 0. The van der Waals surface area contributed by atoms with Crippen molar-refractivity contribution in [3.63, 3.8) is 0 Å². The topological polar surface area (TPSA) is 105 Å². The maximum Gasteiger partial charge on any atom is 0.371 e. The number of hydrogen-bond donors (Lipinski definition) is 1. The van der Waals surface area contributed by atoms with Crippen LogP contribution in [0.3, 0.4) is 0 Å². The molecule has 10 heteroatoms. The molecular weight excluding hydrogens is 362 g/mol. The molecule has 1 aliphatic rings. The molecular formula is C9H10BrNO6S2. The number of sulfonamides is 1. The molecule has 0 spiro atoms. The predicted octanol–water partition coefficient (Wildman–Crippen LogP) is 0.493. The van der Waals surface area contributed by atoms with Crippen molar-refractivity contribution in [1.29, 1.82) is 0 Å². The second kappa shape index (κ2) is 5.35. The van der Waals surface area contributed by atoms with Crippen LogP contribution in [0.4, 0.5) is 0 Å². The number of halogens is 1. The lowest BCUT2D eigenvalue weighted by Gasteiger charge is -2.24. The fraction of sp³-hybridized carbons (Fsp3) is 0.444. The van der Waals surface area contributed by atoms with Crippen LogP contribution < -0.4 is 0 Å². The quantitative estimate of drug-likeness (QED) is 0.828. The molecule has 1 aliphatic heterocycles. The first-order chi connectivity index (χ1) is 8.82. The van der Waals surface area contributed by atoms with Crippen molar-refractivity contribution < 1.29 is 26.9 Å². The summed E-state index contributed by atoms with van der Waals surface area (Å²) in [5.74, 6) is -1.24. The molecule has 0 aromatic carbocycles. The zero-order valence-electron chi connectivity index (χ0n) is 9.54. The fourth-order valence-electron chi connectivity index (χ4n) is 1.63. The average Bonchev–Trinajstić information content (AvgIpc) is 2.73. The normalized spacial score (nSPS) is 18.6. The molecule has 0 unspecified atom stereocenters. The van der Waals surface area contributed by atoms with Crippen LogP contribution in [0.25, 0.3) is 0 Å². The van der Waals surface area contributed by atoms with Crippen molar-refractivity contribution >= 4 is 42.7 Å². The van der Waals surface area contributed by atoms with Crippen LogP contribution in [0, 0.1) is 0 Å². The molecule has 1 aromatic heterocycles. The molecule has 1 saturated heterocycles. The average molecular weight is 372 g/mol. The minimum atomic E-state index is -3.83. The standard InChI is InChI=1S/C9H10BrNO6S2/c10-8-7(5-6(17-8)9(12)13)19(15,16)11-1-3-18(14)4-2-11/h5H,1-4H2,(H,12,13). The van der Waals surface area contributed by atoms with Gasteiger partial charge in [-0.05, 0) is 15.9 Å². The maximum absolute atomic E-state index is 12.3. The summed E-state index contributed by atoms with van der Waals surface area (Å²) in [6.45, 7) is 0.296. The lowest BCUT2D eigenvalue weighted by molar-refractivity contribution is 0.0661. The summed E-state index contributed by atoms with van der Waals surface area (Å²) >= 11 is 2.90. The Morgan fingerprint density at radius 3 is 2.47 bits per heavy atom. The highest BCUT2D eigenvalue weighted by Crippen LogP contribution is 2.29. The number of carbonyl (C=O) groups is 1. The van der Waals surface area contributed by atoms with Crippen LogP contribution in [-0.4, -0.2) is 52.6 Å². The minimum absolute atomic E-state index is 0.142. The third-order valence-corrected chi connectivity index (χ3v) is 6.65. The van der Waals surface area contributed by atoms with Crippen molar-refractivity contribution in [3.05, 3.63) is 16.5 Å². The van der Waals surface area contributed by atoms with E-state index in [1.54, 1.807) is 0 Å². The summed E-state index contributed by atoms with van der Waals surface area (Å²) in [5, 5.41) is 8.77. The van der Waals surface area contributed by atoms with Gasteiger partial charge < -0.3 is 9.52 Å². The Morgan fingerprint density at radius 1 is 1.42 bits per heavy atom. The lowest BCUT2D eigenvalue weighted by Crippen LogP contribution is -2.41. The number of nitrogens with zero attached hydrogens (tertiary/aromatic N) is 1. The van der Waals surface area contributed by atoms with E-state index in [2.05, 4.69) is 15.9 Å². The van der Waals surface area contributed by atoms with Gasteiger partial charge in [-0.1, -0.05) is 0 Å². The van der Waals surface area contributed by atoms with Crippen LogP contribution in [0.1, 0.15) is 10.6 Å². The van der Waals surface area contributed by atoms with Crippen LogP contribution in [0.2, 0.25) is 0 Å². The lowest BCUT2D eigenvalue weighted by atomic mass is 10.5. The van der Waals surface area contributed by atoms with Gasteiger partial charge in [-0.15, -0.1) is 0 Å². The Bertz CT molecular complexity index is 627. The summed E-state index contributed by atoms with van der Waals surface area (Å²) in [7, 11) is -4.83. The third kappa shape index (κ3) is 2.91. The molecule has 2 rings (SSSR count). The van der Waals surface area contributed by atoms with Crippen molar-refractivity contribution in [2.45, 2.75) is 4.90 Å². The van der Waals surface area contributed by atoms with E-state index >= 15 is 0 Å². The molecule has 0 radical (unpaired) electrons. The molecule has 0 bridgehead atoms. The Labute approximate surface area is 120 Å². The van der Waals surface area contributed by atoms with Gasteiger partial charge in [0.2, 0.25) is 15.8 Å². The second-order valence-electron chi connectivity index (χ2n) is 3.81. The zero-order valence-corrected chi connectivity index (χ0v) is 12.8. The Morgan fingerprint density at radius 2 is 2.00 bits per heavy atom. The molecule has 1 N–H and O–H groups in total. The molecule has 0 saturated carbocycles. The minimum Gasteiger partial charge on any atom is -0.475 e. The van der Waals surface area contributed by atoms with Gasteiger partial charge in [0.25, 0.3) is 0 Å². The van der Waals surface area contributed by atoms with E-state index in [0.29, 0.717) is 0 Å². The SMILES string of the molecule is O=C(O)c1cc(S(=O)(=O)N2CCS(=O)CC2)c(Br)o1. The smallest absolute Gasteiger partial charge is 0.371 e. The second-order valence-corrected chi connectivity index (χ2v) is 8.13. The number of hydrogen-bond acceptors (Lipinski definition) is 5. The predicted molar refractivity (Wildman–Crippen MR) is 70.0 cm³/mol. The monoisotopic (exact) mass is 371 g/mol. The molecule has 7 nitrogen and oxygen atoms in total. The van der Waals surface area contributed by atoms with Gasteiger partial charge in [-0.2, -0.15) is 4.31 Å². The summed E-state index contributed by atoms with van der Waals surface area (Å²) in [4.78, 5) is 10.5. The van der Waals surface area contributed by atoms with Crippen molar-refractivity contribution in [2.75, 3.05) is 24.6 Å². The van der Waals surface area contributed by atoms with Crippen molar-refractivity contribution in [3.8, 4) is 0 Å². The molecule has 1 aromatic rings. The molecule has 0 atom stereocenters. The zero-order chi connectivity index (χ0) is 14.2. The van der Waals surface area contributed by atoms with E-state index in [4.69, 9.17) is 9.52 Å². The van der Waals surface area contributed by atoms with Gasteiger partial charge in [-0.3, -0.25) is 4.21 Å². The van der Waals surface area contributed by atoms with Gasteiger partial charge in [-0.25, -0.2) is 13.2 Å². The Hall–Kier alpha value is -0.710. The maximum atomic E-state index is 12.3. The first-order valence-corrected chi connectivity index (χ1v) is 8.92. The summed E-state index contributed by atoms with van der Waals surface area (Å²) in [5.41, 5.74) is 0. The van der Waals surface area contributed by atoms with Crippen LogP contribution in [0.5, 0.6) is 0 Å². The van der Waals surface area contributed by atoms with E-state index in [9.17, 15) is 17.4 Å². The van der Waals surface area contributed by atoms with Gasteiger partial charge >= 0.3 is 5.97 Å². The number of carboxylic acids is 1. The highest BCUT2D eigenvalue weighted by molar-refractivity contribution is 9.10. The van der Waals surface area contributed by atoms with Crippen LogP contribution in [0.15, 0.2) is 20.0 Å². The van der Waals surface area contributed by atoms with Crippen LogP contribution in [-0.2, 0) is 20.8 Å². The largest absolute Gasteiger partial charge is 0.475 e. The third-order valence-electron chi connectivity index (χ3n) is 2.62. The van der Waals surface area contributed by atoms with E-state index in [1.165, 1.54) is 4.31 Å². The number of rotatable bonds is 3. The van der Waals surface area contributed by atoms with Gasteiger partial charge in [0.05, 0.1) is 0 Å². The van der Waals surface area contributed by atoms with Gasteiger partial charge in [0.1, 0.15) is 4.90 Å². The number of carboxylic acid groups (broad SMARTS) is 1. The Kier molecular flexibility index (Phi) is 4.14. The van der Waals surface area contributed by atoms with E-state index in [-0.39, 0.29) is 34.2 Å². The molecule has 1 fully saturated rings. The highest BCUT2D eigenvalue weighted by Gasteiger charge is 2.32. The molecule has 0 aliphatic carbocycles. The van der Waals surface area contributed by atoms with Crippen molar-refractivity contribution in [2.24, 2.45) is 0 Å². The summed E-state index contributed by atoms with van der Waals surface area (Å²) in [6, 6.07) is 0.966. The van der Waals surface area contributed by atoms with E-state index < -0.39 is 32.6 Å². The van der Waals surface area contributed by atoms with Gasteiger partial charge in [0.15, 0.2) is 4.67 Å².